The van der Waals surface area contributed by atoms with Gasteiger partial charge in [0.25, 0.3) is 0 Å². The Morgan fingerprint density at radius 3 is 3.08 bits per heavy atom. The monoisotopic (exact) mass is 168 g/mol. The van der Waals surface area contributed by atoms with E-state index >= 15 is 0 Å². The van der Waals surface area contributed by atoms with Crippen molar-refractivity contribution in [2.24, 2.45) is 5.92 Å². The van der Waals surface area contributed by atoms with Crippen molar-refractivity contribution in [1.82, 2.24) is 10.2 Å². The molecular formula is C10H20N2. The van der Waals surface area contributed by atoms with Gasteiger partial charge in [-0.05, 0) is 5.92 Å². The zero-order valence-electron chi connectivity index (χ0n) is 8.21. The molecule has 1 fully saturated rings. The molecule has 1 rings (SSSR count). The lowest BCUT2D eigenvalue weighted by atomic mass is 10.0. The molecule has 2 heteroatoms. The topological polar surface area (TPSA) is 15.3 Å². The van der Waals surface area contributed by atoms with Crippen molar-refractivity contribution in [3.63, 3.8) is 0 Å². The van der Waals surface area contributed by atoms with E-state index in [-0.39, 0.29) is 0 Å². The number of rotatable bonds is 4. The second-order valence-electron chi connectivity index (χ2n) is 3.68. The number of nitrogens with one attached hydrogen (secondary N) is 1. The first-order chi connectivity index (χ1) is 5.77. The number of hydrogen-bond donors (Lipinski definition) is 1. The third-order valence-corrected chi connectivity index (χ3v) is 2.75. The van der Waals surface area contributed by atoms with Crippen molar-refractivity contribution in [2.45, 2.75) is 26.3 Å². The molecule has 0 saturated carbocycles. The highest BCUT2D eigenvalue weighted by Gasteiger charge is 2.24. The van der Waals surface area contributed by atoms with Crippen molar-refractivity contribution in [1.29, 1.82) is 0 Å². The molecule has 1 aliphatic rings. The van der Waals surface area contributed by atoms with Crippen LogP contribution in [0.25, 0.3) is 0 Å². The Kier molecular flexibility index (Phi) is 3.76. The van der Waals surface area contributed by atoms with Gasteiger partial charge in [-0.25, -0.2) is 0 Å². The highest BCUT2D eigenvalue weighted by Crippen LogP contribution is 2.13. The van der Waals surface area contributed by atoms with Gasteiger partial charge in [-0.15, -0.1) is 6.58 Å². The van der Waals surface area contributed by atoms with E-state index in [1.165, 1.54) is 13.0 Å². The molecule has 0 aromatic rings. The van der Waals surface area contributed by atoms with Crippen LogP contribution in [-0.2, 0) is 0 Å². The van der Waals surface area contributed by atoms with E-state index in [1.807, 2.05) is 6.08 Å². The maximum atomic E-state index is 3.74. The Hall–Kier alpha value is -0.340. The third-order valence-electron chi connectivity index (χ3n) is 2.75. The molecule has 1 aliphatic heterocycles. The van der Waals surface area contributed by atoms with Crippen molar-refractivity contribution in [2.75, 3.05) is 19.8 Å². The Labute approximate surface area is 75.6 Å². The first-order valence-electron chi connectivity index (χ1n) is 4.84. The summed E-state index contributed by atoms with van der Waals surface area (Å²) in [5.41, 5.74) is 0. The highest BCUT2D eigenvalue weighted by atomic mass is 15.3. The van der Waals surface area contributed by atoms with E-state index in [9.17, 15) is 0 Å². The van der Waals surface area contributed by atoms with E-state index in [0.29, 0.717) is 6.04 Å². The Bertz CT molecular complexity index is 145. The van der Waals surface area contributed by atoms with Crippen LogP contribution in [0.15, 0.2) is 12.7 Å². The minimum absolute atomic E-state index is 0.690. The molecule has 0 spiro atoms. The van der Waals surface area contributed by atoms with Crippen LogP contribution in [0.4, 0.5) is 0 Å². The van der Waals surface area contributed by atoms with Crippen LogP contribution in [0.3, 0.4) is 0 Å². The highest BCUT2D eigenvalue weighted by molar-refractivity contribution is 4.85. The maximum absolute atomic E-state index is 3.74. The van der Waals surface area contributed by atoms with Gasteiger partial charge in [-0.1, -0.05) is 26.3 Å². The van der Waals surface area contributed by atoms with Crippen LogP contribution in [0.5, 0.6) is 0 Å². The summed E-state index contributed by atoms with van der Waals surface area (Å²) in [5.74, 6) is 0.791. The molecule has 0 radical (unpaired) electrons. The van der Waals surface area contributed by atoms with Gasteiger partial charge in [0.15, 0.2) is 0 Å². The first kappa shape index (κ1) is 9.75. The van der Waals surface area contributed by atoms with Gasteiger partial charge in [0.1, 0.15) is 0 Å². The SMILES string of the molecule is C=CCN1CNC(C(C)CC)C1. The van der Waals surface area contributed by atoms with Crippen LogP contribution in [0, 0.1) is 5.92 Å². The average molecular weight is 168 g/mol. The Morgan fingerprint density at radius 1 is 1.75 bits per heavy atom. The fraction of sp³-hybridized carbons (Fsp3) is 0.800. The molecule has 1 N–H and O–H groups in total. The predicted molar refractivity (Wildman–Crippen MR) is 53.0 cm³/mol. The molecule has 2 nitrogen and oxygen atoms in total. The molecule has 0 aromatic heterocycles. The number of hydrogen-bond acceptors (Lipinski definition) is 2. The van der Waals surface area contributed by atoms with Crippen molar-refractivity contribution < 1.29 is 0 Å². The summed E-state index contributed by atoms with van der Waals surface area (Å²) >= 11 is 0. The molecule has 12 heavy (non-hydrogen) atoms. The zero-order chi connectivity index (χ0) is 8.97. The molecule has 1 saturated heterocycles. The molecule has 0 bridgehead atoms. The smallest absolute Gasteiger partial charge is 0.0486 e. The van der Waals surface area contributed by atoms with Crippen LogP contribution < -0.4 is 5.32 Å². The summed E-state index contributed by atoms with van der Waals surface area (Å²) in [6.07, 6.45) is 3.24. The van der Waals surface area contributed by atoms with Gasteiger partial charge in [0, 0.05) is 25.8 Å². The summed E-state index contributed by atoms with van der Waals surface area (Å²) in [7, 11) is 0. The van der Waals surface area contributed by atoms with Crippen LogP contribution >= 0.6 is 0 Å². The van der Waals surface area contributed by atoms with E-state index in [1.54, 1.807) is 0 Å². The lowest BCUT2D eigenvalue weighted by molar-refractivity contribution is 0.350. The Morgan fingerprint density at radius 2 is 2.50 bits per heavy atom. The standard InChI is InChI=1S/C10H20N2/c1-4-6-12-7-10(11-8-12)9(3)5-2/h4,9-11H,1,5-8H2,2-3H3. The molecule has 2 atom stereocenters. The van der Waals surface area contributed by atoms with Crippen LogP contribution in [0.2, 0.25) is 0 Å². The summed E-state index contributed by atoms with van der Waals surface area (Å²) in [5, 5.41) is 3.52. The van der Waals surface area contributed by atoms with Gasteiger partial charge < -0.3 is 0 Å². The minimum atomic E-state index is 0.690. The van der Waals surface area contributed by atoms with E-state index in [2.05, 4.69) is 30.6 Å². The predicted octanol–water partition coefficient (Wildman–Crippen LogP) is 1.45. The summed E-state index contributed by atoms with van der Waals surface area (Å²) < 4.78 is 0. The Balaban J connectivity index is 2.29. The lowest BCUT2D eigenvalue weighted by Crippen LogP contribution is -2.30. The zero-order valence-corrected chi connectivity index (χ0v) is 8.21. The van der Waals surface area contributed by atoms with Gasteiger partial charge in [-0.3, -0.25) is 10.2 Å². The summed E-state index contributed by atoms with van der Waals surface area (Å²) in [4.78, 5) is 2.39. The molecule has 0 aliphatic carbocycles. The molecule has 2 unspecified atom stereocenters. The quantitative estimate of drug-likeness (QED) is 0.639. The van der Waals surface area contributed by atoms with Crippen molar-refractivity contribution in [3.05, 3.63) is 12.7 Å². The maximum Gasteiger partial charge on any atom is 0.0486 e. The van der Waals surface area contributed by atoms with Gasteiger partial charge in [-0.2, -0.15) is 0 Å². The van der Waals surface area contributed by atoms with Crippen LogP contribution in [-0.4, -0.2) is 30.7 Å². The van der Waals surface area contributed by atoms with E-state index in [4.69, 9.17) is 0 Å². The fourth-order valence-electron chi connectivity index (χ4n) is 1.64. The summed E-state index contributed by atoms with van der Waals surface area (Å²) in [6, 6.07) is 0.690. The van der Waals surface area contributed by atoms with Gasteiger partial charge >= 0.3 is 0 Å². The third kappa shape index (κ3) is 2.32. The molecule has 0 amide bonds. The fourth-order valence-corrected chi connectivity index (χ4v) is 1.64. The van der Waals surface area contributed by atoms with Crippen molar-refractivity contribution >= 4 is 0 Å². The summed E-state index contributed by atoms with van der Waals surface area (Å²) in [6.45, 7) is 11.5. The molecule has 70 valence electrons. The minimum Gasteiger partial charge on any atom is -0.300 e. The second-order valence-corrected chi connectivity index (χ2v) is 3.68. The van der Waals surface area contributed by atoms with E-state index < -0.39 is 0 Å². The largest absolute Gasteiger partial charge is 0.300 e. The second kappa shape index (κ2) is 4.63. The lowest BCUT2D eigenvalue weighted by Gasteiger charge is -2.17. The first-order valence-corrected chi connectivity index (χ1v) is 4.84. The van der Waals surface area contributed by atoms with Gasteiger partial charge in [0.2, 0.25) is 0 Å². The molecular weight excluding hydrogens is 148 g/mol. The normalized spacial score (nSPS) is 27.3. The van der Waals surface area contributed by atoms with Crippen LogP contribution in [0.1, 0.15) is 20.3 Å². The van der Waals surface area contributed by atoms with Crippen molar-refractivity contribution in [3.8, 4) is 0 Å². The molecule has 1 heterocycles. The van der Waals surface area contributed by atoms with E-state index in [0.717, 1.165) is 19.1 Å². The average Bonchev–Trinajstić information content (AvgIpc) is 2.52. The molecule has 0 aromatic carbocycles. The number of nitrogens with zero attached hydrogens (tertiary/aromatic N) is 1. The van der Waals surface area contributed by atoms with Gasteiger partial charge in [0.05, 0.1) is 0 Å².